The van der Waals surface area contributed by atoms with E-state index in [0.29, 0.717) is 24.5 Å². The van der Waals surface area contributed by atoms with Gasteiger partial charge < -0.3 is 10.6 Å². The number of carbonyl (C=O) groups is 1. The molecule has 1 saturated carbocycles. The smallest absolute Gasteiger partial charge is 0.234 e. The van der Waals surface area contributed by atoms with E-state index in [4.69, 9.17) is 0 Å². The fourth-order valence-corrected chi connectivity index (χ4v) is 3.81. The monoisotopic (exact) mass is 295 g/mol. The lowest BCUT2D eigenvalue weighted by molar-refractivity contribution is -0.123. The summed E-state index contributed by atoms with van der Waals surface area (Å²) in [5.41, 5.74) is 0. The van der Waals surface area contributed by atoms with E-state index in [2.05, 4.69) is 29.4 Å². The molecule has 2 unspecified atom stereocenters. The van der Waals surface area contributed by atoms with Crippen LogP contribution in [0.4, 0.5) is 0 Å². The number of hydrogen-bond donors (Lipinski definition) is 2. The van der Waals surface area contributed by atoms with E-state index in [1.165, 1.54) is 44.9 Å². The number of nitrogens with one attached hydrogen (secondary N) is 2. The van der Waals surface area contributed by atoms with Gasteiger partial charge in [0.2, 0.25) is 5.91 Å². The molecule has 2 rings (SSSR count). The average molecular weight is 295 g/mol. The Morgan fingerprint density at radius 3 is 2.62 bits per heavy atom. The highest BCUT2D eigenvalue weighted by atomic mass is 16.2. The summed E-state index contributed by atoms with van der Waals surface area (Å²) in [5, 5.41) is 6.89. The number of carbonyl (C=O) groups excluding carboxylic acids is 1. The number of hydrogen-bond acceptors (Lipinski definition) is 3. The Labute approximate surface area is 130 Å². The van der Waals surface area contributed by atoms with Crippen molar-refractivity contribution in [1.82, 2.24) is 15.5 Å². The predicted octanol–water partition coefficient (Wildman–Crippen LogP) is 2.15. The third-order valence-electron chi connectivity index (χ3n) is 5.09. The van der Waals surface area contributed by atoms with E-state index in [0.717, 1.165) is 19.6 Å². The third-order valence-corrected chi connectivity index (χ3v) is 5.09. The van der Waals surface area contributed by atoms with Gasteiger partial charge in [-0.1, -0.05) is 33.1 Å². The molecule has 0 bridgehead atoms. The molecule has 1 amide bonds. The van der Waals surface area contributed by atoms with E-state index in [1.807, 2.05) is 0 Å². The van der Waals surface area contributed by atoms with Crippen molar-refractivity contribution in [2.75, 3.05) is 26.2 Å². The Hall–Kier alpha value is -0.610. The Balaban J connectivity index is 1.73. The topological polar surface area (TPSA) is 44.4 Å². The summed E-state index contributed by atoms with van der Waals surface area (Å²) in [6, 6.07) is 1.09. The van der Waals surface area contributed by atoms with Crippen molar-refractivity contribution in [3.8, 4) is 0 Å². The van der Waals surface area contributed by atoms with Gasteiger partial charge in [0.15, 0.2) is 0 Å². The van der Waals surface area contributed by atoms with Gasteiger partial charge in [0.05, 0.1) is 6.54 Å². The number of nitrogens with zero attached hydrogens (tertiary/aromatic N) is 1. The second-order valence-electron chi connectivity index (χ2n) is 6.80. The zero-order valence-electron chi connectivity index (χ0n) is 13.9. The first-order valence-electron chi connectivity index (χ1n) is 8.98. The first-order valence-corrected chi connectivity index (χ1v) is 8.98. The summed E-state index contributed by atoms with van der Waals surface area (Å²) in [5.74, 6) is 0.918. The number of rotatable bonds is 7. The minimum absolute atomic E-state index is 0.233. The molecule has 2 atom stereocenters. The molecule has 1 aliphatic heterocycles. The molecule has 1 saturated heterocycles. The summed E-state index contributed by atoms with van der Waals surface area (Å²) in [7, 11) is 0. The Bertz CT molecular complexity index is 315. The molecule has 0 aromatic rings. The molecular weight excluding hydrogens is 262 g/mol. The highest BCUT2D eigenvalue weighted by Gasteiger charge is 2.28. The van der Waals surface area contributed by atoms with E-state index in [-0.39, 0.29) is 5.91 Å². The summed E-state index contributed by atoms with van der Waals surface area (Å²) in [6.45, 7) is 8.31. The average Bonchev–Trinajstić information content (AvgIpc) is 2.98. The van der Waals surface area contributed by atoms with Gasteiger partial charge in [0.1, 0.15) is 0 Å². The zero-order valence-corrected chi connectivity index (χ0v) is 13.9. The summed E-state index contributed by atoms with van der Waals surface area (Å²) >= 11 is 0. The van der Waals surface area contributed by atoms with Gasteiger partial charge in [-0.05, 0) is 38.1 Å². The van der Waals surface area contributed by atoms with Crippen molar-refractivity contribution in [1.29, 1.82) is 0 Å². The second-order valence-corrected chi connectivity index (χ2v) is 6.80. The van der Waals surface area contributed by atoms with Crippen LogP contribution in [0.25, 0.3) is 0 Å². The summed E-state index contributed by atoms with van der Waals surface area (Å²) in [6.07, 6.45) is 8.46. The van der Waals surface area contributed by atoms with E-state index in [9.17, 15) is 4.79 Å². The molecule has 4 nitrogen and oxygen atoms in total. The molecule has 4 heteroatoms. The first-order chi connectivity index (χ1) is 10.2. The van der Waals surface area contributed by atoms with E-state index < -0.39 is 0 Å². The van der Waals surface area contributed by atoms with Gasteiger partial charge in [-0.3, -0.25) is 9.69 Å². The maximum Gasteiger partial charge on any atom is 0.234 e. The normalized spacial score (nSPS) is 27.9. The van der Waals surface area contributed by atoms with Crippen LogP contribution < -0.4 is 10.6 Å². The Kier molecular flexibility index (Phi) is 6.97. The van der Waals surface area contributed by atoms with Crippen molar-refractivity contribution in [3.63, 3.8) is 0 Å². The van der Waals surface area contributed by atoms with Gasteiger partial charge in [-0.25, -0.2) is 0 Å². The molecule has 2 fully saturated rings. The van der Waals surface area contributed by atoms with E-state index >= 15 is 0 Å². The lowest BCUT2D eigenvalue weighted by atomic mass is 9.90. The minimum Gasteiger partial charge on any atom is -0.352 e. The Morgan fingerprint density at radius 1 is 1.19 bits per heavy atom. The third kappa shape index (κ3) is 5.26. The van der Waals surface area contributed by atoms with Crippen molar-refractivity contribution in [3.05, 3.63) is 0 Å². The van der Waals surface area contributed by atoms with Crippen LogP contribution >= 0.6 is 0 Å². The lowest BCUT2D eigenvalue weighted by Crippen LogP contribution is -2.52. The Morgan fingerprint density at radius 2 is 1.95 bits per heavy atom. The van der Waals surface area contributed by atoms with Gasteiger partial charge in [0, 0.05) is 25.2 Å². The van der Waals surface area contributed by atoms with Crippen LogP contribution in [0, 0.1) is 5.92 Å². The van der Waals surface area contributed by atoms with Gasteiger partial charge >= 0.3 is 0 Å². The van der Waals surface area contributed by atoms with Gasteiger partial charge in [-0.15, -0.1) is 0 Å². The van der Waals surface area contributed by atoms with Crippen LogP contribution in [0.1, 0.15) is 58.8 Å². The molecule has 21 heavy (non-hydrogen) atoms. The molecule has 1 aliphatic carbocycles. The van der Waals surface area contributed by atoms with Gasteiger partial charge in [0.25, 0.3) is 0 Å². The van der Waals surface area contributed by atoms with Crippen LogP contribution in [0.3, 0.4) is 0 Å². The SMILES string of the molecule is CCCNC1CCN(CC(=O)NC2CCCC2)CC1CC. The second kappa shape index (κ2) is 8.74. The van der Waals surface area contributed by atoms with E-state index in [1.54, 1.807) is 0 Å². The lowest BCUT2D eigenvalue weighted by Gasteiger charge is -2.38. The fourth-order valence-electron chi connectivity index (χ4n) is 3.81. The highest BCUT2D eigenvalue weighted by molar-refractivity contribution is 5.78. The van der Waals surface area contributed by atoms with Crippen LogP contribution in [-0.2, 0) is 4.79 Å². The largest absolute Gasteiger partial charge is 0.352 e. The van der Waals surface area contributed by atoms with Crippen LogP contribution in [-0.4, -0.2) is 49.1 Å². The van der Waals surface area contributed by atoms with Crippen LogP contribution in [0.15, 0.2) is 0 Å². The van der Waals surface area contributed by atoms with Crippen molar-refractivity contribution in [2.24, 2.45) is 5.92 Å². The first kappa shape index (κ1) is 16.8. The molecule has 2 aliphatic rings. The van der Waals surface area contributed by atoms with Gasteiger partial charge in [-0.2, -0.15) is 0 Å². The molecular formula is C17H33N3O. The van der Waals surface area contributed by atoms with Crippen LogP contribution in [0.2, 0.25) is 0 Å². The van der Waals surface area contributed by atoms with Crippen molar-refractivity contribution >= 4 is 5.91 Å². The molecule has 0 spiro atoms. The minimum atomic E-state index is 0.233. The molecule has 122 valence electrons. The van der Waals surface area contributed by atoms with Crippen LogP contribution in [0.5, 0.6) is 0 Å². The van der Waals surface area contributed by atoms with Crippen molar-refractivity contribution in [2.45, 2.75) is 70.9 Å². The summed E-state index contributed by atoms with van der Waals surface area (Å²) in [4.78, 5) is 14.5. The predicted molar refractivity (Wildman–Crippen MR) is 87.3 cm³/mol. The number of likely N-dealkylation sites (tertiary alicyclic amines) is 1. The quantitative estimate of drug-likeness (QED) is 0.756. The molecule has 0 aromatic carbocycles. The number of piperidine rings is 1. The standard InChI is InChI=1S/C17H33N3O/c1-3-10-18-16-9-11-20(12-14(16)4-2)13-17(21)19-15-7-5-6-8-15/h14-16,18H,3-13H2,1-2H3,(H,19,21). The van der Waals surface area contributed by atoms with Crippen molar-refractivity contribution < 1.29 is 4.79 Å². The molecule has 0 radical (unpaired) electrons. The maximum atomic E-state index is 12.1. The number of amides is 1. The molecule has 0 aromatic heterocycles. The zero-order chi connectivity index (χ0) is 15.1. The molecule has 2 N–H and O–H groups in total. The highest BCUT2D eigenvalue weighted by Crippen LogP contribution is 2.21. The maximum absolute atomic E-state index is 12.1. The molecule has 1 heterocycles. The fraction of sp³-hybridized carbons (Fsp3) is 0.941. The summed E-state index contributed by atoms with van der Waals surface area (Å²) < 4.78 is 0.